The first-order valence-electron chi connectivity index (χ1n) is 8.95. The molecule has 2 atom stereocenters. The molecule has 0 bridgehead atoms. The van der Waals surface area contributed by atoms with Gasteiger partial charge < -0.3 is 21.1 Å². The van der Waals surface area contributed by atoms with E-state index >= 15 is 0 Å². The molecule has 1 fully saturated rings. The number of carbonyl (C=O) groups is 2. The average molecular weight is 424 g/mol. The first kappa shape index (κ1) is 22.4. The van der Waals surface area contributed by atoms with E-state index < -0.39 is 11.0 Å². The Hall–Kier alpha value is -1.93. The number of hydrogen-bond donors (Lipinski definition) is 3. The smallest absolute Gasteiger partial charge is 0.265 e. The van der Waals surface area contributed by atoms with Crippen LogP contribution in [0.4, 0.5) is 11.4 Å². The van der Waals surface area contributed by atoms with E-state index in [0.717, 1.165) is 0 Å². The van der Waals surface area contributed by atoms with Gasteiger partial charge in [-0.3, -0.25) is 9.59 Å². The molecular weight excluding hydrogens is 398 g/mol. The van der Waals surface area contributed by atoms with Crippen LogP contribution in [0.5, 0.6) is 0 Å². The molecule has 2 aromatic rings. The normalized spacial score (nSPS) is 22.5. The number of nitrogens with two attached hydrogens (primary N) is 1. The van der Waals surface area contributed by atoms with Crippen molar-refractivity contribution < 1.29 is 14.3 Å². The van der Waals surface area contributed by atoms with Crippen molar-refractivity contribution in [2.45, 2.75) is 38.8 Å². The van der Waals surface area contributed by atoms with Crippen molar-refractivity contribution in [3.8, 4) is 0 Å². The number of thiophene rings is 1. The maximum Gasteiger partial charge on any atom is 0.265 e. The van der Waals surface area contributed by atoms with E-state index in [-0.39, 0.29) is 30.3 Å². The van der Waals surface area contributed by atoms with Crippen LogP contribution in [0.15, 0.2) is 41.8 Å². The summed E-state index contributed by atoms with van der Waals surface area (Å²) in [6.07, 6.45) is 0.474. The summed E-state index contributed by atoms with van der Waals surface area (Å²) in [7, 11) is 0. The van der Waals surface area contributed by atoms with Gasteiger partial charge in [0, 0.05) is 29.8 Å². The van der Waals surface area contributed by atoms with E-state index in [0.29, 0.717) is 29.3 Å². The second-order valence-corrected chi connectivity index (χ2v) is 8.25. The van der Waals surface area contributed by atoms with E-state index in [1.54, 1.807) is 30.3 Å². The molecule has 6 nitrogen and oxygen atoms in total. The lowest BCUT2D eigenvalue weighted by Crippen LogP contribution is -2.74. The summed E-state index contributed by atoms with van der Waals surface area (Å²) >= 11 is 1.38. The Kier molecular flexibility index (Phi) is 6.88. The van der Waals surface area contributed by atoms with E-state index in [2.05, 4.69) is 10.6 Å². The molecule has 1 heterocycles. The first-order chi connectivity index (χ1) is 12.8. The number of amides is 2. The predicted molar refractivity (Wildman–Crippen MR) is 115 cm³/mol. The Labute approximate surface area is 175 Å². The first-order valence-corrected chi connectivity index (χ1v) is 9.83. The lowest BCUT2D eigenvalue weighted by molar-refractivity contribution is -0.166. The van der Waals surface area contributed by atoms with Crippen molar-refractivity contribution in [1.82, 2.24) is 0 Å². The van der Waals surface area contributed by atoms with Crippen molar-refractivity contribution in [3.05, 3.63) is 46.7 Å². The van der Waals surface area contributed by atoms with Crippen molar-refractivity contribution in [2.75, 3.05) is 17.2 Å². The number of halogens is 1. The molecule has 28 heavy (non-hydrogen) atoms. The van der Waals surface area contributed by atoms with Crippen LogP contribution >= 0.6 is 23.7 Å². The number of rotatable bonds is 6. The zero-order chi connectivity index (χ0) is 19.7. The minimum atomic E-state index is -0.973. The van der Waals surface area contributed by atoms with Crippen LogP contribution in [0.3, 0.4) is 0 Å². The minimum absolute atomic E-state index is 0. The van der Waals surface area contributed by atoms with Crippen LogP contribution in [0.25, 0.3) is 0 Å². The molecule has 0 saturated heterocycles. The summed E-state index contributed by atoms with van der Waals surface area (Å²) in [4.78, 5) is 25.5. The predicted octanol–water partition coefficient (Wildman–Crippen LogP) is 3.89. The summed E-state index contributed by atoms with van der Waals surface area (Å²) in [6, 6.07) is 10.6. The molecule has 0 spiro atoms. The molecular formula is C20H26ClN3O3S. The van der Waals surface area contributed by atoms with Gasteiger partial charge in [0.15, 0.2) is 0 Å². The van der Waals surface area contributed by atoms with Gasteiger partial charge in [-0.2, -0.15) is 0 Å². The number of benzene rings is 1. The third kappa shape index (κ3) is 4.07. The summed E-state index contributed by atoms with van der Waals surface area (Å²) < 4.78 is 5.67. The molecule has 1 aliphatic carbocycles. The quantitative estimate of drug-likeness (QED) is 0.656. The van der Waals surface area contributed by atoms with Gasteiger partial charge in [0.25, 0.3) is 5.91 Å². The Morgan fingerprint density at radius 3 is 2.29 bits per heavy atom. The maximum absolute atomic E-state index is 12.7. The molecule has 8 heteroatoms. The Balaban J connectivity index is 0.00000280. The lowest BCUT2D eigenvalue weighted by atomic mass is 9.54. The van der Waals surface area contributed by atoms with Gasteiger partial charge in [-0.15, -0.1) is 23.7 Å². The highest BCUT2D eigenvalue weighted by molar-refractivity contribution is 7.12. The highest BCUT2D eigenvalue weighted by Crippen LogP contribution is 2.50. The molecule has 1 saturated carbocycles. The molecule has 1 aliphatic rings. The topological polar surface area (TPSA) is 93.4 Å². The second-order valence-electron chi connectivity index (χ2n) is 7.30. The third-order valence-electron chi connectivity index (χ3n) is 5.38. The Morgan fingerprint density at radius 1 is 1.18 bits per heavy atom. The van der Waals surface area contributed by atoms with E-state index in [4.69, 9.17) is 10.5 Å². The standard InChI is InChI=1S/C20H25N3O3S.ClH/c1-4-26-16-12-20(21,19(16,2)3)18(25)23-14-9-7-13(8-10-14)22-17(24)15-6-5-11-27-15;/h5-11,16H,4,12,21H2,1-3H3,(H,22,24)(H,23,25);1H. The maximum atomic E-state index is 12.7. The average Bonchev–Trinajstić information content (AvgIpc) is 3.17. The molecule has 0 aliphatic heterocycles. The zero-order valence-corrected chi connectivity index (χ0v) is 17.8. The van der Waals surface area contributed by atoms with Gasteiger partial charge in [-0.1, -0.05) is 19.9 Å². The minimum Gasteiger partial charge on any atom is -0.378 e. The highest BCUT2D eigenvalue weighted by Gasteiger charge is 2.62. The molecule has 2 unspecified atom stereocenters. The van der Waals surface area contributed by atoms with Gasteiger partial charge in [-0.05, 0) is 42.6 Å². The van der Waals surface area contributed by atoms with Crippen LogP contribution in [0.2, 0.25) is 0 Å². The van der Waals surface area contributed by atoms with Crippen molar-refractivity contribution >= 4 is 46.9 Å². The Bertz CT molecular complexity index is 824. The second kappa shape index (κ2) is 8.61. The number of ether oxygens (including phenoxy) is 1. The van der Waals surface area contributed by atoms with Crippen molar-refractivity contribution in [3.63, 3.8) is 0 Å². The van der Waals surface area contributed by atoms with E-state index in [1.165, 1.54) is 11.3 Å². The fourth-order valence-electron chi connectivity index (χ4n) is 3.30. The number of nitrogens with one attached hydrogen (secondary N) is 2. The number of carbonyl (C=O) groups excluding carboxylic acids is 2. The fraction of sp³-hybridized carbons (Fsp3) is 0.400. The van der Waals surface area contributed by atoms with E-state index in [1.807, 2.05) is 32.2 Å². The van der Waals surface area contributed by atoms with Crippen LogP contribution in [-0.2, 0) is 9.53 Å². The van der Waals surface area contributed by atoms with Gasteiger partial charge in [-0.25, -0.2) is 0 Å². The summed E-state index contributed by atoms with van der Waals surface area (Å²) in [5.41, 5.74) is 6.27. The van der Waals surface area contributed by atoms with Crippen LogP contribution in [0, 0.1) is 5.41 Å². The van der Waals surface area contributed by atoms with Gasteiger partial charge in [0.05, 0.1) is 11.0 Å². The third-order valence-corrected chi connectivity index (χ3v) is 6.25. The molecule has 152 valence electrons. The lowest BCUT2D eigenvalue weighted by Gasteiger charge is -2.57. The molecule has 1 aromatic carbocycles. The largest absolute Gasteiger partial charge is 0.378 e. The molecule has 3 rings (SSSR count). The van der Waals surface area contributed by atoms with Gasteiger partial charge in [0.2, 0.25) is 5.91 Å². The molecule has 4 N–H and O–H groups in total. The van der Waals surface area contributed by atoms with Crippen molar-refractivity contribution in [2.24, 2.45) is 11.1 Å². The number of anilines is 2. The van der Waals surface area contributed by atoms with Crippen LogP contribution < -0.4 is 16.4 Å². The molecule has 1 aromatic heterocycles. The zero-order valence-electron chi connectivity index (χ0n) is 16.2. The monoisotopic (exact) mass is 423 g/mol. The SMILES string of the molecule is CCOC1CC(N)(C(=O)Nc2ccc(NC(=O)c3cccs3)cc2)C1(C)C.Cl. The molecule has 2 amide bonds. The fourth-order valence-corrected chi connectivity index (χ4v) is 3.92. The number of hydrogen-bond acceptors (Lipinski definition) is 5. The van der Waals surface area contributed by atoms with Crippen molar-refractivity contribution in [1.29, 1.82) is 0 Å². The molecule has 0 radical (unpaired) electrons. The highest BCUT2D eigenvalue weighted by atomic mass is 35.5. The Morgan fingerprint density at radius 2 is 1.79 bits per heavy atom. The summed E-state index contributed by atoms with van der Waals surface area (Å²) in [5.74, 6) is -0.375. The van der Waals surface area contributed by atoms with E-state index in [9.17, 15) is 9.59 Å². The van der Waals surface area contributed by atoms with Crippen LogP contribution in [0.1, 0.15) is 36.9 Å². The van der Waals surface area contributed by atoms with Crippen LogP contribution in [-0.4, -0.2) is 30.1 Å². The summed E-state index contributed by atoms with van der Waals surface area (Å²) in [5, 5.41) is 7.56. The summed E-state index contributed by atoms with van der Waals surface area (Å²) in [6.45, 7) is 6.45. The van der Waals surface area contributed by atoms with Gasteiger partial charge >= 0.3 is 0 Å². The van der Waals surface area contributed by atoms with Gasteiger partial charge in [0.1, 0.15) is 5.54 Å².